The number of hydrogen-bond acceptors (Lipinski definition) is 6. The molecular weight excluding hydrogens is 639 g/mol. The number of carbonyl (C=O) groups is 3. The first kappa shape index (κ1) is 27.7. The average molecular weight is 665 g/mol. The fourth-order valence-corrected chi connectivity index (χ4v) is 5.94. The monoisotopic (exact) mass is 664 g/mol. The zero-order chi connectivity index (χ0) is 28.2. The summed E-state index contributed by atoms with van der Waals surface area (Å²) >= 11 is 3.01. The van der Waals surface area contributed by atoms with E-state index in [4.69, 9.17) is 9.47 Å². The van der Waals surface area contributed by atoms with Crippen molar-refractivity contribution >= 4 is 73.9 Å². The van der Waals surface area contributed by atoms with Gasteiger partial charge in [-0.05, 0) is 93.5 Å². The van der Waals surface area contributed by atoms with Crippen LogP contribution < -0.4 is 14.8 Å². The molecule has 0 aromatic heterocycles. The van der Waals surface area contributed by atoms with Gasteiger partial charge in [-0.2, -0.15) is 0 Å². The first-order valence-corrected chi connectivity index (χ1v) is 14.3. The van der Waals surface area contributed by atoms with Crippen LogP contribution in [-0.2, 0) is 16.1 Å². The summed E-state index contributed by atoms with van der Waals surface area (Å²) in [4.78, 5) is 40.0. The van der Waals surface area contributed by atoms with Crippen molar-refractivity contribution in [1.29, 1.82) is 0 Å². The number of halogens is 1. The maximum Gasteiger partial charge on any atom is 0.293 e. The molecule has 0 spiro atoms. The van der Waals surface area contributed by atoms with Crippen molar-refractivity contribution in [3.8, 4) is 11.5 Å². The van der Waals surface area contributed by atoms with E-state index in [0.717, 1.165) is 33.7 Å². The summed E-state index contributed by atoms with van der Waals surface area (Å²) in [7, 11) is 1.51. The van der Waals surface area contributed by atoms with Crippen LogP contribution in [0, 0.1) is 10.5 Å². The Morgan fingerprint density at radius 1 is 1.02 bits per heavy atom. The number of hydrogen-bond donors (Lipinski definition) is 1. The van der Waals surface area contributed by atoms with Crippen molar-refractivity contribution < 1.29 is 23.9 Å². The van der Waals surface area contributed by atoms with Gasteiger partial charge < -0.3 is 14.8 Å². The van der Waals surface area contributed by atoms with Crippen molar-refractivity contribution in [2.75, 3.05) is 19.0 Å². The number of carbonyl (C=O) groups excluding carboxylic acids is 3. The molecule has 0 radical (unpaired) electrons. The number of methoxy groups -OCH3 is 1. The Morgan fingerprint density at radius 2 is 1.77 bits per heavy atom. The summed E-state index contributed by atoms with van der Waals surface area (Å²) in [6, 6.07) is 24.8. The van der Waals surface area contributed by atoms with Crippen LogP contribution in [0.25, 0.3) is 16.8 Å². The SMILES string of the molecule is COc1cc(/C=C2/SC(=O)N(Cc3cccc4ccccc34)C2=O)cc(I)c1OCC(=O)Nc1ccc(C)cc1. The third-order valence-electron chi connectivity index (χ3n) is 6.31. The van der Waals surface area contributed by atoms with E-state index in [2.05, 4.69) is 27.9 Å². The molecule has 1 heterocycles. The van der Waals surface area contributed by atoms with Gasteiger partial charge in [0.25, 0.3) is 17.1 Å². The standard InChI is InChI=1S/C31H25IN2O5S/c1-19-10-12-23(13-11-19)33-28(35)18-39-29-25(32)14-20(15-26(29)38-2)16-27-30(36)34(31(37)40-27)17-22-8-5-7-21-6-3-4-9-24(21)22/h3-16H,17-18H2,1-2H3,(H,33,35)/b27-16+. The molecule has 4 aromatic rings. The fourth-order valence-electron chi connectivity index (χ4n) is 4.32. The summed E-state index contributed by atoms with van der Waals surface area (Å²) in [5, 5.41) is 4.55. The first-order valence-electron chi connectivity index (χ1n) is 12.4. The first-order chi connectivity index (χ1) is 19.3. The van der Waals surface area contributed by atoms with Gasteiger partial charge in [0.1, 0.15) is 0 Å². The molecule has 1 fully saturated rings. The number of nitrogens with zero attached hydrogens (tertiary/aromatic N) is 1. The molecule has 1 aliphatic rings. The van der Waals surface area contributed by atoms with Gasteiger partial charge in [0.05, 0.1) is 22.1 Å². The van der Waals surface area contributed by atoms with E-state index < -0.39 is 0 Å². The van der Waals surface area contributed by atoms with Crippen LogP contribution in [0.4, 0.5) is 10.5 Å². The highest BCUT2D eigenvalue weighted by atomic mass is 127. The Hall–Kier alpha value is -3.83. The molecule has 1 saturated heterocycles. The minimum Gasteiger partial charge on any atom is -0.493 e. The van der Waals surface area contributed by atoms with Gasteiger partial charge in [-0.15, -0.1) is 0 Å². The van der Waals surface area contributed by atoms with Crippen LogP contribution in [0.2, 0.25) is 0 Å². The minimum absolute atomic E-state index is 0.196. The van der Waals surface area contributed by atoms with E-state index in [1.165, 1.54) is 12.0 Å². The molecule has 202 valence electrons. The maximum atomic E-state index is 13.2. The van der Waals surface area contributed by atoms with Crippen LogP contribution in [0.15, 0.2) is 83.8 Å². The van der Waals surface area contributed by atoms with Crippen LogP contribution in [0.5, 0.6) is 11.5 Å². The fraction of sp³-hybridized carbons (Fsp3) is 0.129. The molecule has 1 aliphatic heterocycles. The molecule has 0 bridgehead atoms. The van der Waals surface area contributed by atoms with Crippen molar-refractivity contribution in [3.63, 3.8) is 0 Å². The van der Waals surface area contributed by atoms with Gasteiger partial charge in [-0.25, -0.2) is 0 Å². The van der Waals surface area contributed by atoms with Crippen molar-refractivity contribution in [3.05, 3.63) is 104 Å². The van der Waals surface area contributed by atoms with Crippen LogP contribution in [-0.4, -0.2) is 35.7 Å². The van der Waals surface area contributed by atoms with Gasteiger partial charge in [0.15, 0.2) is 18.1 Å². The van der Waals surface area contributed by atoms with Gasteiger partial charge in [-0.3, -0.25) is 19.3 Å². The second-order valence-corrected chi connectivity index (χ2v) is 11.3. The number of fused-ring (bicyclic) bond motifs is 1. The Bertz CT molecular complexity index is 1650. The molecule has 9 heteroatoms. The van der Waals surface area contributed by atoms with E-state index in [9.17, 15) is 14.4 Å². The second kappa shape index (κ2) is 12.1. The second-order valence-electron chi connectivity index (χ2n) is 9.14. The number of benzene rings is 4. The Balaban J connectivity index is 1.30. The molecule has 1 N–H and O–H groups in total. The molecule has 40 heavy (non-hydrogen) atoms. The molecule has 3 amide bonds. The summed E-state index contributed by atoms with van der Waals surface area (Å²) in [6.07, 6.45) is 1.67. The van der Waals surface area contributed by atoms with Crippen molar-refractivity contribution in [1.82, 2.24) is 4.90 Å². The topological polar surface area (TPSA) is 84.9 Å². The normalized spacial score (nSPS) is 14.2. The van der Waals surface area contributed by atoms with E-state index in [1.807, 2.05) is 79.7 Å². The third kappa shape index (κ3) is 6.15. The van der Waals surface area contributed by atoms with E-state index in [1.54, 1.807) is 12.1 Å². The lowest BCUT2D eigenvalue weighted by atomic mass is 10.0. The Labute approximate surface area is 249 Å². The van der Waals surface area contributed by atoms with E-state index in [-0.39, 0.29) is 30.2 Å². The smallest absolute Gasteiger partial charge is 0.293 e. The van der Waals surface area contributed by atoms with E-state index in [0.29, 0.717) is 31.2 Å². The third-order valence-corrected chi connectivity index (χ3v) is 8.02. The van der Waals surface area contributed by atoms with Gasteiger partial charge in [0, 0.05) is 5.69 Å². The number of anilines is 1. The predicted molar refractivity (Wildman–Crippen MR) is 166 cm³/mol. The van der Waals surface area contributed by atoms with Crippen molar-refractivity contribution in [2.45, 2.75) is 13.5 Å². The minimum atomic E-state index is -0.343. The maximum absolute atomic E-state index is 13.2. The lowest BCUT2D eigenvalue weighted by molar-refractivity contribution is -0.123. The number of aryl methyl sites for hydroxylation is 1. The number of nitrogens with one attached hydrogen (secondary N) is 1. The van der Waals surface area contributed by atoms with Crippen LogP contribution in [0.1, 0.15) is 16.7 Å². The van der Waals surface area contributed by atoms with Gasteiger partial charge in [0.2, 0.25) is 0 Å². The number of rotatable bonds is 8. The molecule has 0 atom stereocenters. The predicted octanol–water partition coefficient (Wildman–Crippen LogP) is 7.02. The summed E-state index contributed by atoms with van der Waals surface area (Å²) < 4.78 is 12.0. The molecular formula is C31H25IN2O5S. The van der Waals surface area contributed by atoms with Gasteiger partial charge >= 0.3 is 0 Å². The molecule has 0 unspecified atom stereocenters. The quantitative estimate of drug-likeness (QED) is 0.161. The largest absolute Gasteiger partial charge is 0.493 e. The lowest BCUT2D eigenvalue weighted by Gasteiger charge is -2.15. The zero-order valence-corrected chi connectivity index (χ0v) is 24.7. The number of imide groups is 1. The average Bonchev–Trinajstić information content (AvgIpc) is 3.20. The number of thioether (sulfide) groups is 1. The summed E-state index contributed by atoms with van der Waals surface area (Å²) in [6.45, 7) is 1.97. The lowest BCUT2D eigenvalue weighted by Crippen LogP contribution is -2.27. The Morgan fingerprint density at radius 3 is 2.55 bits per heavy atom. The molecule has 7 nitrogen and oxygen atoms in total. The highest BCUT2D eigenvalue weighted by Gasteiger charge is 2.35. The van der Waals surface area contributed by atoms with Crippen LogP contribution in [0.3, 0.4) is 0 Å². The molecule has 4 aromatic carbocycles. The Kier molecular flexibility index (Phi) is 8.41. The van der Waals surface area contributed by atoms with Crippen molar-refractivity contribution in [2.24, 2.45) is 0 Å². The highest BCUT2D eigenvalue weighted by molar-refractivity contribution is 14.1. The molecule has 0 aliphatic carbocycles. The molecule has 0 saturated carbocycles. The number of amides is 3. The highest BCUT2D eigenvalue weighted by Crippen LogP contribution is 2.38. The zero-order valence-electron chi connectivity index (χ0n) is 21.8. The van der Waals surface area contributed by atoms with Gasteiger partial charge in [-0.1, -0.05) is 60.2 Å². The summed E-state index contributed by atoms with van der Waals surface area (Å²) in [5.74, 6) is 0.190. The molecule has 5 rings (SSSR count). The van der Waals surface area contributed by atoms with E-state index >= 15 is 0 Å². The van der Waals surface area contributed by atoms with Crippen LogP contribution >= 0.6 is 34.4 Å². The number of ether oxygens (including phenoxy) is 2. The summed E-state index contributed by atoms with van der Waals surface area (Å²) in [5.41, 5.74) is 3.37.